The molecule has 25 heavy (non-hydrogen) atoms. The molecule has 1 aromatic carbocycles. The Kier molecular flexibility index (Phi) is 6.85. The second-order valence-electron chi connectivity index (χ2n) is 7.96. The molecule has 1 saturated carbocycles. The van der Waals surface area contributed by atoms with Gasteiger partial charge in [0.2, 0.25) is 0 Å². The van der Waals surface area contributed by atoms with Gasteiger partial charge in [-0.1, -0.05) is 25.0 Å². The highest BCUT2D eigenvalue weighted by molar-refractivity contribution is 5.16. The second kappa shape index (κ2) is 9.11. The van der Waals surface area contributed by atoms with Gasteiger partial charge in [0.1, 0.15) is 5.82 Å². The van der Waals surface area contributed by atoms with Gasteiger partial charge in [0.25, 0.3) is 0 Å². The Bertz CT molecular complexity index is 513. The minimum Gasteiger partial charge on any atom is -0.391 e. The minimum atomic E-state index is -0.162. The van der Waals surface area contributed by atoms with Gasteiger partial charge in [0.15, 0.2) is 0 Å². The molecule has 3 nitrogen and oxygen atoms in total. The Hall–Kier alpha value is -0.970. The van der Waals surface area contributed by atoms with Gasteiger partial charge < -0.3 is 10.4 Å². The molecule has 0 aromatic heterocycles. The van der Waals surface area contributed by atoms with Crippen LogP contribution in [0, 0.1) is 5.82 Å². The monoisotopic (exact) mass is 348 g/mol. The van der Waals surface area contributed by atoms with E-state index < -0.39 is 0 Å². The number of aryl methyl sites for hydroxylation is 1. The molecule has 0 bridgehead atoms. The van der Waals surface area contributed by atoms with Crippen LogP contribution >= 0.6 is 0 Å². The number of piperidine rings is 1. The van der Waals surface area contributed by atoms with Gasteiger partial charge in [-0.2, -0.15) is 0 Å². The predicted octanol–water partition coefficient (Wildman–Crippen LogP) is 3.50. The summed E-state index contributed by atoms with van der Waals surface area (Å²) in [7, 11) is 0. The summed E-state index contributed by atoms with van der Waals surface area (Å²) in [4.78, 5) is 2.52. The summed E-state index contributed by atoms with van der Waals surface area (Å²) in [5.74, 6) is -0.162. The topological polar surface area (TPSA) is 35.5 Å². The van der Waals surface area contributed by atoms with E-state index in [0.717, 1.165) is 38.8 Å². The van der Waals surface area contributed by atoms with Crippen molar-refractivity contribution in [2.24, 2.45) is 0 Å². The van der Waals surface area contributed by atoms with Crippen molar-refractivity contribution in [1.82, 2.24) is 10.2 Å². The van der Waals surface area contributed by atoms with Crippen molar-refractivity contribution in [2.75, 3.05) is 13.1 Å². The summed E-state index contributed by atoms with van der Waals surface area (Å²) >= 11 is 0. The van der Waals surface area contributed by atoms with Crippen molar-refractivity contribution in [2.45, 2.75) is 82.5 Å². The zero-order chi connectivity index (χ0) is 17.6. The van der Waals surface area contributed by atoms with Crippen LogP contribution < -0.4 is 5.32 Å². The van der Waals surface area contributed by atoms with Crippen LogP contribution in [0.4, 0.5) is 4.39 Å². The number of hydrogen-bond acceptors (Lipinski definition) is 3. The summed E-state index contributed by atoms with van der Waals surface area (Å²) in [5, 5.41) is 14.0. The van der Waals surface area contributed by atoms with Gasteiger partial charge in [-0.3, -0.25) is 4.90 Å². The molecule has 1 heterocycles. The molecule has 1 aliphatic carbocycles. The smallest absolute Gasteiger partial charge is 0.123 e. The SMILES string of the molecule is CC(CCc1ccc(F)cc1)NC1CCN(C2CCCCC2O)CC1. The third-order valence-corrected chi connectivity index (χ3v) is 5.99. The van der Waals surface area contributed by atoms with Crippen LogP contribution in [0.25, 0.3) is 0 Å². The first-order chi connectivity index (χ1) is 12.1. The number of halogens is 1. The van der Waals surface area contributed by atoms with E-state index in [0.29, 0.717) is 18.1 Å². The largest absolute Gasteiger partial charge is 0.391 e. The van der Waals surface area contributed by atoms with Crippen LogP contribution in [0.2, 0.25) is 0 Å². The molecule has 140 valence electrons. The number of nitrogens with one attached hydrogen (secondary N) is 1. The molecular weight excluding hydrogens is 315 g/mol. The number of aliphatic hydroxyl groups excluding tert-OH is 1. The van der Waals surface area contributed by atoms with Gasteiger partial charge in [-0.15, -0.1) is 0 Å². The molecule has 3 atom stereocenters. The van der Waals surface area contributed by atoms with E-state index >= 15 is 0 Å². The number of rotatable bonds is 6. The van der Waals surface area contributed by atoms with Crippen LogP contribution in [0.5, 0.6) is 0 Å². The molecule has 3 rings (SSSR count). The molecule has 2 aliphatic rings. The molecule has 2 N–H and O–H groups in total. The lowest BCUT2D eigenvalue weighted by Crippen LogP contribution is -2.52. The first kappa shape index (κ1) is 18.8. The van der Waals surface area contributed by atoms with E-state index in [1.54, 1.807) is 12.1 Å². The van der Waals surface area contributed by atoms with Crippen molar-refractivity contribution < 1.29 is 9.50 Å². The first-order valence-corrected chi connectivity index (χ1v) is 10.0. The molecule has 1 saturated heterocycles. The van der Waals surface area contributed by atoms with Gasteiger partial charge in [-0.25, -0.2) is 4.39 Å². The van der Waals surface area contributed by atoms with Crippen LogP contribution in [-0.4, -0.2) is 47.3 Å². The molecule has 4 heteroatoms. The number of aliphatic hydroxyl groups is 1. The summed E-state index contributed by atoms with van der Waals surface area (Å²) in [6.07, 6.45) is 8.87. The van der Waals surface area contributed by atoms with E-state index in [4.69, 9.17) is 0 Å². The highest BCUT2D eigenvalue weighted by Crippen LogP contribution is 2.26. The number of benzene rings is 1. The zero-order valence-electron chi connectivity index (χ0n) is 15.5. The molecule has 2 fully saturated rings. The molecule has 3 unspecified atom stereocenters. The maximum Gasteiger partial charge on any atom is 0.123 e. The van der Waals surface area contributed by atoms with Gasteiger partial charge in [-0.05, 0) is 63.1 Å². The van der Waals surface area contributed by atoms with Crippen LogP contribution in [0.15, 0.2) is 24.3 Å². The van der Waals surface area contributed by atoms with E-state index in [9.17, 15) is 9.50 Å². The third kappa shape index (κ3) is 5.50. The van der Waals surface area contributed by atoms with Crippen LogP contribution in [0.3, 0.4) is 0 Å². The fourth-order valence-corrected chi connectivity index (χ4v) is 4.44. The minimum absolute atomic E-state index is 0.118. The number of likely N-dealkylation sites (tertiary alicyclic amines) is 1. The highest BCUT2D eigenvalue weighted by atomic mass is 19.1. The molecule has 1 aromatic rings. The lowest BCUT2D eigenvalue weighted by atomic mass is 9.89. The Morgan fingerprint density at radius 1 is 1.12 bits per heavy atom. The van der Waals surface area contributed by atoms with Crippen molar-refractivity contribution in [3.05, 3.63) is 35.6 Å². The van der Waals surface area contributed by atoms with E-state index in [1.165, 1.54) is 31.2 Å². The molecule has 0 spiro atoms. The Morgan fingerprint density at radius 2 is 1.80 bits per heavy atom. The Labute approximate surface area is 151 Å². The van der Waals surface area contributed by atoms with E-state index in [1.807, 2.05) is 12.1 Å². The normalized spacial score (nSPS) is 27.3. The molecule has 0 amide bonds. The van der Waals surface area contributed by atoms with Gasteiger partial charge in [0.05, 0.1) is 6.10 Å². The summed E-state index contributed by atoms with van der Waals surface area (Å²) in [5.41, 5.74) is 1.20. The summed E-state index contributed by atoms with van der Waals surface area (Å²) in [6.45, 7) is 4.45. The number of hydrogen-bond donors (Lipinski definition) is 2. The third-order valence-electron chi connectivity index (χ3n) is 5.99. The average Bonchev–Trinajstić information content (AvgIpc) is 2.62. The van der Waals surface area contributed by atoms with E-state index in [2.05, 4.69) is 17.1 Å². The maximum atomic E-state index is 13.0. The quantitative estimate of drug-likeness (QED) is 0.826. The summed E-state index contributed by atoms with van der Waals surface area (Å²) < 4.78 is 13.0. The second-order valence-corrected chi connectivity index (χ2v) is 7.96. The van der Waals surface area contributed by atoms with Crippen molar-refractivity contribution >= 4 is 0 Å². The first-order valence-electron chi connectivity index (χ1n) is 10.0. The van der Waals surface area contributed by atoms with Crippen LogP contribution in [-0.2, 0) is 6.42 Å². The maximum absolute atomic E-state index is 13.0. The van der Waals surface area contributed by atoms with Gasteiger partial charge in [0, 0.05) is 31.2 Å². The average molecular weight is 349 g/mol. The molecule has 1 aliphatic heterocycles. The molecular formula is C21H33FN2O. The fourth-order valence-electron chi connectivity index (χ4n) is 4.44. The lowest BCUT2D eigenvalue weighted by Gasteiger charge is -2.42. The molecule has 0 radical (unpaired) electrons. The van der Waals surface area contributed by atoms with E-state index in [-0.39, 0.29) is 11.9 Å². The highest BCUT2D eigenvalue weighted by Gasteiger charge is 2.31. The standard InChI is InChI=1S/C21H33FN2O/c1-16(6-7-17-8-10-18(22)11-9-17)23-19-12-14-24(15-13-19)20-4-2-3-5-21(20)25/h8-11,16,19-21,23,25H,2-7,12-15H2,1H3. The Morgan fingerprint density at radius 3 is 2.48 bits per heavy atom. The van der Waals surface area contributed by atoms with Crippen LogP contribution in [0.1, 0.15) is 57.4 Å². The zero-order valence-corrected chi connectivity index (χ0v) is 15.5. The van der Waals surface area contributed by atoms with Crippen molar-refractivity contribution in [3.8, 4) is 0 Å². The van der Waals surface area contributed by atoms with Crippen molar-refractivity contribution in [1.29, 1.82) is 0 Å². The lowest BCUT2D eigenvalue weighted by molar-refractivity contribution is 0.00667. The Balaban J connectivity index is 1.37. The van der Waals surface area contributed by atoms with Gasteiger partial charge >= 0.3 is 0 Å². The fraction of sp³-hybridized carbons (Fsp3) is 0.714. The number of nitrogens with zero attached hydrogens (tertiary/aromatic N) is 1. The van der Waals surface area contributed by atoms with Crippen molar-refractivity contribution in [3.63, 3.8) is 0 Å². The summed E-state index contributed by atoms with van der Waals surface area (Å²) in [6, 6.07) is 8.31. The predicted molar refractivity (Wildman–Crippen MR) is 100 cm³/mol.